The van der Waals surface area contributed by atoms with Crippen LogP contribution in [0.5, 0.6) is 0 Å². The van der Waals surface area contributed by atoms with E-state index in [9.17, 15) is 14.7 Å². The van der Waals surface area contributed by atoms with E-state index >= 15 is 0 Å². The molecule has 2 rings (SSSR count). The molecule has 24 heavy (non-hydrogen) atoms. The third-order valence-corrected chi connectivity index (χ3v) is 4.06. The zero-order chi connectivity index (χ0) is 17.4. The summed E-state index contributed by atoms with van der Waals surface area (Å²) in [5, 5.41) is 18.7. The average Bonchev–Trinajstić information content (AvgIpc) is 2.54. The first-order valence-corrected chi connectivity index (χ1v) is 8.37. The van der Waals surface area contributed by atoms with Crippen LogP contribution in [0.4, 0.5) is 5.69 Å². The van der Waals surface area contributed by atoms with E-state index in [4.69, 9.17) is 11.6 Å². The first-order chi connectivity index (χ1) is 11.5. The van der Waals surface area contributed by atoms with Gasteiger partial charge in [-0.2, -0.15) is 0 Å². The van der Waals surface area contributed by atoms with Crippen LogP contribution < -0.4 is 16.0 Å². The fourth-order valence-electron chi connectivity index (χ4n) is 2.54. The normalized spacial score (nSPS) is 16.5. The van der Waals surface area contributed by atoms with Crippen LogP contribution in [0.25, 0.3) is 0 Å². The van der Waals surface area contributed by atoms with Gasteiger partial charge in [-0.25, -0.2) is 0 Å². The molecule has 1 aliphatic rings. The van der Waals surface area contributed by atoms with Crippen molar-refractivity contribution in [3.05, 3.63) is 29.3 Å². The Kier molecular flexibility index (Phi) is 7.45. The molecule has 7 nitrogen and oxygen atoms in total. The number of carbonyl (C=O) groups excluding carboxylic acids is 1. The molecule has 1 fully saturated rings. The molecule has 0 unspecified atom stereocenters. The van der Waals surface area contributed by atoms with Gasteiger partial charge in [-0.15, -0.1) is 0 Å². The Morgan fingerprint density at radius 2 is 2.08 bits per heavy atom. The molecule has 1 saturated heterocycles. The van der Waals surface area contributed by atoms with E-state index in [0.29, 0.717) is 17.3 Å². The molecule has 0 aromatic heterocycles. The Morgan fingerprint density at radius 3 is 2.75 bits per heavy atom. The minimum absolute atomic E-state index is 0.136. The predicted octanol–water partition coefficient (Wildman–Crippen LogP) is 0.617. The van der Waals surface area contributed by atoms with Gasteiger partial charge in [0.2, 0.25) is 5.91 Å². The molecular formula is C16H23ClN4O3. The van der Waals surface area contributed by atoms with Crippen LogP contribution >= 0.6 is 11.6 Å². The summed E-state index contributed by atoms with van der Waals surface area (Å²) < 4.78 is 0. The standard InChI is InChI=1S/C16H23ClN4O3/c17-12-2-1-3-13(10-12)20-15(22)11-14(16(23)24)19-6-9-21-7-4-18-5-8-21/h1-3,10,14,18-19H,4-9,11H2,(H,20,22)(H,23,24)/t14-/m1/s1. The van der Waals surface area contributed by atoms with Gasteiger partial charge in [-0.05, 0) is 18.2 Å². The summed E-state index contributed by atoms with van der Waals surface area (Å²) in [4.78, 5) is 25.6. The van der Waals surface area contributed by atoms with Crippen LogP contribution in [0, 0.1) is 0 Å². The summed E-state index contributed by atoms with van der Waals surface area (Å²) in [6.07, 6.45) is -0.136. The Bertz CT molecular complexity index is 564. The van der Waals surface area contributed by atoms with Crippen molar-refractivity contribution in [3.8, 4) is 0 Å². The number of halogens is 1. The zero-order valence-corrected chi connectivity index (χ0v) is 14.2. The van der Waals surface area contributed by atoms with Gasteiger partial charge in [0.25, 0.3) is 0 Å². The second-order valence-electron chi connectivity index (χ2n) is 5.70. The molecule has 8 heteroatoms. The number of carboxylic acid groups (broad SMARTS) is 1. The first kappa shape index (κ1) is 18.7. The van der Waals surface area contributed by atoms with E-state index in [-0.39, 0.29) is 12.3 Å². The zero-order valence-electron chi connectivity index (χ0n) is 13.4. The van der Waals surface area contributed by atoms with Crippen molar-refractivity contribution < 1.29 is 14.7 Å². The Balaban J connectivity index is 1.77. The molecule has 0 aliphatic carbocycles. The molecule has 4 N–H and O–H groups in total. The molecule has 1 aliphatic heterocycles. The average molecular weight is 355 g/mol. The lowest BCUT2D eigenvalue weighted by atomic mass is 10.2. The maximum absolute atomic E-state index is 12.0. The summed E-state index contributed by atoms with van der Waals surface area (Å²) in [5.74, 6) is -1.39. The van der Waals surface area contributed by atoms with Crippen LogP contribution in [0.2, 0.25) is 5.02 Å². The van der Waals surface area contributed by atoms with E-state index in [2.05, 4.69) is 20.9 Å². The largest absolute Gasteiger partial charge is 0.480 e. The Hall–Kier alpha value is -1.67. The van der Waals surface area contributed by atoms with Crippen molar-refractivity contribution >= 4 is 29.2 Å². The lowest BCUT2D eigenvalue weighted by Crippen LogP contribution is -2.48. The topological polar surface area (TPSA) is 93.7 Å². The summed E-state index contributed by atoms with van der Waals surface area (Å²) in [6, 6.07) is 5.84. The molecule has 1 aromatic rings. The highest BCUT2D eigenvalue weighted by molar-refractivity contribution is 6.30. The van der Waals surface area contributed by atoms with Crippen molar-refractivity contribution in [3.63, 3.8) is 0 Å². The van der Waals surface area contributed by atoms with Crippen molar-refractivity contribution in [2.24, 2.45) is 0 Å². The summed E-state index contributed by atoms with van der Waals surface area (Å²) in [7, 11) is 0. The number of carboxylic acids is 1. The van der Waals surface area contributed by atoms with E-state index in [1.165, 1.54) is 0 Å². The highest BCUT2D eigenvalue weighted by Gasteiger charge is 2.21. The number of amides is 1. The van der Waals surface area contributed by atoms with Crippen LogP contribution in [0.1, 0.15) is 6.42 Å². The predicted molar refractivity (Wildman–Crippen MR) is 93.4 cm³/mol. The second kappa shape index (κ2) is 9.58. The third kappa shape index (κ3) is 6.45. The van der Waals surface area contributed by atoms with Gasteiger partial charge in [-0.3, -0.25) is 14.5 Å². The lowest BCUT2D eigenvalue weighted by molar-refractivity contribution is -0.141. The highest BCUT2D eigenvalue weighted by Crippen LogP contribution is 2.15. The number of nitrogens with one attached hydrogen (secondary N) is 3. The molecule has 0 radical (unpaired) electrons. The highest BCUT2D eigenvalue weighted by atomic mass is 35.5. The monoisotopic (exact) mass is 354 g/mol. The van der Waals surface area contributed by atoms with Crippen LogP contribution in [-0.4, -0.2) is 67.2 Å². The number of aliphatic carboxylic acids is 1. The van der Waals surface area contributed by atoms with Gasteiger partial charge < -0.3 is 21.1 Å². The summed E-state index contributed by atoms with van der Waals surface area (Å²) >= 11 is 5.86. The maximum atomic E-state index is 12.0. The van der Waals surface area contributed by atoms with Crippen molar-refractivity contribution in [2.75, 3.05) is 44.6 Å². The minimum atomic E-state index is -1.03. The number of carbonyl (C=O) groups is 2. The smallest absolute Gasteiger partial charge is 0.321 e. The van der Waals surface area contributed by atoms with Crippen LogP contribution in [0.3, 0.4) is 0 Å². The first-order valence-electron chi connectivity index (χ1n) is 7.99. The second-order valence-corrected chi connectivity index (χ2v) is 6.14. The van der Waals surface area contributed by atoms with Crippen LogP contribution in [-0.2, 0) is 9.59 Å². The number of anilines is 1. The van der Waals surface area contributed by atoms with Crippen molar-refractivity contribution in [2.45, 2.75) is 12.5 Å². The lowest BCUT2D eigenvalue weighted by Gasteiger charge is -2.27. The molecule has 0 spiro atoms. The molecule has 1 heterocycles. The minimum Gasteiger partial charge on any atom is -0.480 e. The Labute approximate surface area is 146 Å². The fourth-order valence-corrected chi connectivity index (χ4v) is 2.73. The van der Waals surface area contributed by atoms with Gasteiger partial charge in [0, 0.05) is 50.0 Å². The molecular weight excluding hydrogens is 332 g/mol. The molecule has 132 valence electrons. The molecule has 1 amide bonds. The van der Waals surface area contributed by atoms with E-state index in [1.54, 1.807) is 24.3 Å². The number of nitrogens with zero attached hydrogens (tertiary/aromatic N) is 1. The molecule has 0 bridgehead atoms. The summed E-state index contributed by atoms with van der Waals surface area (Å²) in [5.41, 5.74) is 0.553. The molecule has 0 saturated carbocycles. The summed E-state index contributed by atoms with van der Waals surface area (Å²) in [6.45, 7) is 5.10. The molecule has 1 aromatic carbocycles. The van der Waals surface area contributed by atoms with E-state index in [1.807, 2.05) is 0 Å². The third-order valence-electron chi connectivity index (χ3n) is 3.82. The van der Waals surface area contributed by atoms with Gasteiger partial charge >= 0.3 is 5.97 Å². The van der Waals surface area contributed by atoms with Gasteiger partial charge in [0.1, 0.15) is 6.04 Å². The number of rotatable bonds is 8. The number of benzene rings is 1. The fraction of sp³-hybridized carbons (Fsp3) is 0.500. The van der Waals surface area contributed by atoms with Crippen LogP contribution in [0.15, 0.2) is 24.3 Å². The quantitative estimate of drug-likeness (QED) is 0.547. The van der Waals surface area contributed by atoms with Gasteiger partial charge in [0.15, 0.2) is 0 Å². The van der Waals surface area contributed by atoms with E-state index in [0.717, 1.165) is 32.7 Å². The number of piperazine rings is 1. The van der Waals surface area contributed by atoms with Crippen molar-refractivity contribution in [1.29, 1.82) is 0 Å². The van der Waals surface area contributed by atoms with Gasteiger partial charge in [0.05, 0.1) is 6.42 Å². The van der Waals surface area contributed by atoms with Crippen molar-refractivity contribution in [1.82, 2.24) is 15.5 Å². The number of hydrogen-bond acceptors (Lipinski definition) is 5. The van der Waals surface area contributed by atoms with E-state index < -0.39 is 12.0 Å². The number of hydrogen-bond donors (Lipinski definition) is 4. The SMILES string of the molecule is O=C(C[C@@H](NCCN1CCNCC1)C(=O)O)Nc1cccc(Cl)c1. The van der Waals surface area contributed by atoms with Gasteiger partial charge in [-0.1, -0.05) is 17.7 Å². The molecule has 1 atom stereocenters. The maximum Gasteiger partial charge on any atom is 0.321 e. The Morgan fingerprint density at radius 1 is 1.33 bits per heavy atom.